The van der Waals surface area contributed by atoms with Gasteiger partial charge in [0, 0.05) is 5.75 Å². The topological polar surface area (TPSA) is 64.4 Å². The van der Waals surface area contributed by atoms with E-state index < -0.39 is 0 Å². The molecule has 0 heterocycles. The minimum atomic E-state index is 0.480. The molecule has 0 aromatic rings. The molecular weight excluding hydrogens is 158 g/mol. The molecule has 4 N–H and O–H groups in total. The summed E-state index contributed by atoms with van der Waals surface area (Å²) >= 11 is 1.53. The number of nitrogens with two attached hydrogens (primary N) is 2. The highest BCUT2D eigenvalue weighted by molar-refractivity contribution is 8.13. The van der Waals surface area contributed by atoms with E-state index in [1.165, 1.54) is 24.6 Å². The first-order valence-corrected chi connectivity index (χ1v) is 4.85. The summed E-state index contributed by atoms with van der Waals surface area (Å²) in [5, 5.41) is 3.86. The van der Waals surface area contributed by atoms with Crippen molar-refractivity contribution in [3.8, 4) is 0 Å². The van der Waals surface area contributed by atoms with Gasteiger partial charge in [0.1, 0.15) is 0 Å². The zero-order chi connectivity index (χ0) is 8.69. The summed E-state index contributed by atoms with van der Waals surface area (Å²) in [5.74, 6) is 6.69. The molecule has 0 aliphatic rings. The van der Waals surface area contributed by atoms with Crippen LogP contribution in [0.25, 0.3) is 0 Å². The normalized spacial score (nSPS) is 14.9. The highest BCUT2D eigenvalue weighted by Crippen LogP contribution is 2.12. The van der Waals surface area contributed by atoms with Crippen molar-refractivity contribution in [3.63, 3.8) is 0 Å². The molecule has 0 aromatic carbocycles. The van der Waals surface area contributed by atoms with E-state index in [1.807, 2.05) is 0 Å². The molecular formula is C7H17N3S. The van der Waals surface area contributed by atoms with Gasteiger partial charge in [0.15, 0.2) is 5.17 Å². The van der Waals surface area contributed by atoms with E-state index in [0.717, 1.165) is 5.75 Å². The first-order valence-electron chi connectivity index (χ1n) is 3.86. The maximum atomic E-state index is 5.41. The number of nitrogens with zero attached hydrogens (tertiary/aromatic N) is 1. The van der Waals surface area contributed by atoms with E-state index in [9.17, 15) is 0 Å². The van der Waals surface area contributed by atoms with Crippen molar-refractivity contribution in [3.05, 3.63) is 0 Å². The molecule has 0 saturated carbocycles. The number of amidine groups is 1. The Balaban J connectivity index is 3.37. The first kappa shape index (κ1) is 10.6. The molecule has 1 atom stereocenters. The van der Waals surface area contributed by atoms with Crippen LogP contribution in [-0.4, -0.2) is 10.9 Å². The van der Waals surface area contributed by atoms with Crippen LogP contribution < -0.4 is 11.6 Å². The van der Waals surface area contributed by atoms with Crippen LogP contribution in [0.4, 0.5) is 0 Å². The molecule has 0 amide bonds. The van der Waals surface area contributed by atoms with Crippen LogP contribution in [0.1, 0.15) is 26.7 Å². The van der Waals surface area contributed by atoms with Crippen molar-refractivity contribution >= 4 is 16.9 Å². The van der Waals surface area contributed by atoms with Crippen molar-refractivity contribution in [2.24, 2.45) is 22.6 Å². The van der Waals surface area contributed by atoms with Gasteiger partial charge in [-0.1, -0.05) is 38.5 Å². The molecule has 0 saturated heterocycles. The molecule has 0 aliphatic carbocycles. The summed E-state index contributed by atoms with van der Waals surface area (Å²) in [4.78, 5) is 0. The Morgan fingerprint density at radius 3 is 2.73 bits per heavy atom. The second-order valence-electron chi connectivity index (χ2n) is 2.67. The van der Waals surface area contributed by atoms with Gasteiger partial charge in [0.2, 0.25) is 0 Å². The third kappa shape index (κ3) is 6.04. The van der Waals surface area contributed by atoms with Crippen molar-refractivity contribution in [2.75, 3.05) is 5.75 Å². The number of hydrogen-bond acceptors (Lipinski definition) is 3. The Morgan fingerprint density at radius 1 is 1.64 bits per heavy atom. The summed E-state index contributed by atoms with van der Waals surface area (Å²) in [6.45, 7) is 4.39. The van der Waals surface area contributed by atoms with Crippen LogP contribution in [-0.2, 0) is 0 Å². The maximum absolute atomic E-state index is 5.41. The minimum Gasteiger partial charge on any atom is -0.377 e. The van der Waals surface area contributed by atoms with Crippen molar-refractivity contribution in [1.29, 1.82) is 0 Å². The molecule has 0 spiro atoms. The molecule has 0 radical (unpaired) electrons. The van der Waals surface area contributed by atoms with E-state index in [1.54, 1.807) is 0 Å². The van der Waals surface area contributed by atoms with Gasteiger partial charge in [-0.15, -0.1) is 0 Å². The fourth-order valence-electron chi connectivity index (χ4n) is 0.841. The third-order valence-corrected chi connectivity index (χ3v) is 2.56. The van der Waals surface area contributed by atoms with E-state index in [2.05, 4.69) is 18.9 Å². The van der Waals surface area contributed by atoms with Crippen molar-refractivity contribution < 1.29 is 0 Å². The summed E-state index contributed by atoms with van der Waals surface area (Å²) in [6.07, 6.45) is 2.46. The molecule has 3 nitrogen and oxygen atoms in total. The quantitative estimate of drug-likeness (QED) is 0.293. The van der Waals surface area contributed by atoms with E-state index in [-0.39, 0.29) is 0 Å². The van der Waals surface area contributed by atoms with Gasteiger partial charge in [0.25, 0.3) is 0 Å². The Bertz CT molecular complexity index is 125. The predicted octanol–water partition coefficient (Wildman–Crippen LogP) is 1.34. The summed E-state index contributed by atoms with van der Waals surface area (Å²) in [5.41, 5.74) is 5.41. The standard InChI is InChI=1S/C7H17N3S/c1-3-4-6(2)5-11-7(8)10-9/h6H,3-5,9H2,1-2H3,(H2,8,10). The largest absolute Gasteiger partial charge is 0.377 e. The second-order valence-corrected chi connectivity index (χ2v) is 3.71. The highest BCUT2D eigenvalue weighted by atomic mass is 32.2. The number of hydrazone groups is 1. The maximum Gasteiger partial charge on any atom is 0.177 e. The number of thioether (sulfide) groups is 1. The van der Waals surface area contributed by atoms with Gasteiger partial charge in [-0.25, -0.2) is 0 Å². The van der Waals surface area contributed by atoms with Gasteiger partial charge in [-0.2, -0.15) is 5.10 Å². The third-order valence-electron chi connectivity index (χ3n) is 1.42. The van der Waals surface area contributed by atoms with Crippen molar-refractivity contribution in [1.82, 2.24) is 0 Å². The molecule has 0 fully saturated rings. The van der Waals surface area contributed by atoms with Gasteiger partial charge in [-0.3, -0.25) is 0 Å². The average molecular weight is 175 g/mol. The van der Waals surface area contributed by atoms with Crippen LogP contribution >= 0.6 is 11.8 Å². The molecule has 0 aliphatic heterocycles. The summed E-state index contributed by atoms with van der Waals surface area (Å²) < 4.78 is 0. The van der Waals surface area contributed by atoms with Gasteiger partial charge < -0.3 is 11.6 Å². The Hall–Kier alpha value is -0.380. The lowest BCUT2D eigenvalue weighted by Gasteiger charge is -2.07. The lowest BCUT2D eigenvalue weighted by atomic mass is 10.1. The van der Waals surface area contributed by atoms with Gasteiger partial charge >= 0.3 is 0 Å². The smallest absolute Gasteiger partial charge is 0.177 e. The summed E-state index contributed by atoms with van der Waals surface area (Å²) in [6, 6.07) is 0. The van der Waals surface area contributed by atoms with E-state index >= 15 is 0 Å². The van der Waals surface area contributed by atoms with Gasteiger partial charge in [-0.05, 0) is 5.92 Å². The number of rotatable bonds is 4. The average Bonchev–Trinajstić information content (AvgIpc) is 2.01. The lowest BCUT2D eigenvalue weighted by molar-refractivity contribution is 0.586. The van der Waals surface area contributed by atoms with E-state index in [4.69, 9.17) is 11.6 Å². The Kier molecular flexibility index (Phi) is 6.12. The van der Waals surface area contributed by atoms with Crippen LogP contribution in [0.2, 0.25) is 0 Å². The predicted molar refractivity (Wildman–Crippen MR) is 52.3 cm³/mol. The van der Waals surface area contributed by atoms with Crippen LogP contribution in [0.15, 0.2) is 5.10 Å². The SMILES string of the molecule is CCCC(C)CSC(N)=NN. The fraction of sp³-hybridized carbons (Fsp3) is 0.857. The molecule has 66 valence electrons. The van der Waals surface area contributed by atoms with Crippen LogP contribution in [0.5, 0.6) is 0 Å². The van der Waals surface area contributed by atoms with Crippen LogP contribution in [0, 0.1) is 5.92 Å². The summed E-state index contributed by atoms with van der Waals surface area (Å²) in [7, 11) is 0. The molecule has 11 heavy (non-hydrogen) atoms. The second kappa shape index (κ2) is 6.34. The highest BCUT2D eigenvalue weighted by Gasteiger charge is 2.01. The van der Waals surface area contributed by atoms with Crippen molar-refractivity contribution in [2.45, 2.75) is 26.7 Å². The molecule has 0 rings (SSSR count). The van der Waals surface area contributed by atoms with Gasteiger partial charge in [0.05, 0.1) is 0 Å². The zero-order valence-corrected chi connectivity index (χ0v) is 8.03. The Labute approximate surface area is 72.6 Å². The molecule has 1 unspecified atom stereocenters. The molecule has 4 heteroatoms. The Morgan fingerprint density at radius 2 is 2.27 bits per heavy atom. The number of hydrogen-bond donors (Lipinski definition) is 2. The minimum absolute atomic E-state index is 0.480. The first-order chi connectivity index (χ1) is 5.20. The van der Waals surface area contributed by atoms with Crippen LogP contribution in [0.3, 0.4) is 0 Å². The fourth-order valence-corrected chi connectivity index (χ4v) is 1.54. The molecule has 0 bridgehead atoms. The zero-order valence-electron chi connectivity index (χ0n) is 7.21. The van der Waals surface area contributed by atoms with E-state index in [0.29, 0.717) is 11.1 Å². The lowest BCUT2D eigenvalue weighted by Crippen LogP contribution is -2.12. The monoisotopic (exact) mass is 175 g/mol. The molecule has 0 aromatic heterocycles.